The van der Waals surface area contributed by atoms with Crippen molar-refractivity contribution in [1.29, 1.82) is 0 Å². The number of nitrogens with two attached hydrogens (primary N) is 1. The van der Waals surface area contributed by atoms with Gasteiger partial charge >= 0.3 is 0 Å². The number of nitrogens with zero attached hydrogens (tertiary/aromatic N) is 2. The van der Waals surface area contributed by atoms with Crippen LogP contribution in [-0.2, 0) is 5.41 Å². The summed E-state index contributed by atoms with van der Waals surface area (Å²) in [6, 6.07) is -0.349. The van der Waals surface area contributed by atoms with Crippen LogP contribution in [0.15, 0.2) is 4.42 Å². The molecule has 0 aromatic carbocycles. The topological polar surface area (TPSA) is 85.2 Å². The van der Waals surface area contributed by atoms with Crippen LogP contribution in [-0.4, -0.2) is 21.3 Å². The molecule has 16 heavy (non-hydrogen) atoms. The third-order valence-corrected chi connectivity index (χ3v) is 2.36. The SMILES string of the molecule is CCCC(N)C(O)c1nnc(C(C)(C)C)o1. The molecule has 0 aliphatic carbocycles. The Balaban J connectivity index is 2.78. The highest BCUT2D eigenvalue weighted by Crippen LogP contribution is 2.24. The van der Waals surface area contributed by atoms with Crippen LogP contribution in [0.2, 0.25) is 0 Å². The quantitative estimate of drug-likeness (QED) is 0.814. The molecule has 1 rings (SSSR count). The zero-order valence-corrected chi connectivity index (χ0v) is 10.4. The Bertz CT molecular complexity index is 330. The molecule has 2 unspecified atom stereocenters. The summed E-state index contributed by atoms with van der Waals surface area (Å²) in [6.07, 6.45) is 0.774. The van der Waals surface area contributed by atoms with Crippen LogP contribution in [0.25, 0.3) is 0 Å². The van der Waals surface area contributed by atoms with Gasteiger partial charge in [0.2, 0.25) is 11.8 Å². The van der Waals surface area contributed by atoms with Crippen LogP contribution in [0.1, 0.15) is 58.4 Å². The fraction of sp³-hybridized carbons (Fsp3) is 0.818. The molecule has 92 valence electrons. The molecular formula is C11H21N3O2. The van der Waals surface area contributed by atoms with Gasteiger partial charge < -0.3 is 15.3 Å². The molecule has 0 saturated heterocycles. The zero-order valence-electron chi connectivity index (χ0n) is 10.4. The van der Waals surface area contributed by atoms with Crippen LogP contribution in [0.3, 0.4) is 0 Å². The maximum Gasteiger partial charge on any atom is 0.246 e. The van der Waals surface area contributed by atoms with Crippen molar-refractivity contribution in [2.75, 3.05) is 0 Å². The van der Waals surface area contributed by atoms with Crippen LogP contribution < -0.4 is 5.73 Å². The first-order valence-corrected chi connectivity index (χ1v) is 5.63. The Kier molecular flexibility index (Phi) is 4.04. The number of aromatic nitrogens is 2. The molecule has 5 heteroatoms. The van der Waals surface area contributed by atoms with E-state index in [4.69, 9.17) is 10.2 Å². The van der Waals surface area contributed by atoms with Crippen molar-refractivity contribution in [3.05, 3.63) is 11.8 Å². The molecule has 0 radical (unpaired) electrons. The maximum atomic E-state index is 9.88. The lowest BCUT2D eigenvalue weighted by Gasteiger charge is -2.15. The molecule has 5 nitrogen and oxygen atoms in total. The fourth-order valence-corrected chi connectivity index (χ4v) is 1.33. The standard InChI is InChI=1S/C11H21N3O2/c1-5-6-7(12)8(15)9-13-14-10(16-9)11(2,3)4/h7-8,15H,5-6,12H2,1-4H3. The second-order valence-electron chi connectivity index (χ2n) is 5.09. The van der Waals surface area contributed by atoms with Gasteiger partial charge in [-0.15, -0.1) is 10.2 Å². The lowest BCUT2D eigenvalue weighted by molar-refractivity contribution is 0.108. The molecule has 0 bridgehead atoms. The minimum atomic E-state index is -0.872. The first kappa shape index (κ1) is 13.1. The zero-order chi connectivity index (χ0) is 12.3. The van der Waals surface area contributed by atoms with Crippen molar-refractivity contribution in [3.63, 3.8) is 0 Å². The van der Waals surface area contributed by atoms with Gasteiger partial charge in [-0.05, 0) is 6.42 Å². The lowest BCUT2D eigenvalue weighted by Crippen LogP contribution is -2.28. The predicted molar refractivity (Wildman–Crippen MR) is 60.8 cm³/mol. The first-order chi connectivity index (χ1) is 7.36. The average Bonchev–Trinajstić information content (AvgIpc) is 2.65. The van der Waals surface area contributed by atoms with Gasteiger partial charge in [-0.1, -0.05) is 34.1 Å². The molecule has 2 atom stereocenters. The highest BCUT2D eigenvalue weighted by atomic mass is 16.4. The van der Waals surface area contributed by atoms with Gasteiger partial charge in [-0.25, -0.2) is 0 Å². The van der Waals surface area contributed by atoms with Crippen molar-refractivity contribution in [1.82, 2.24) is 10.2 Å². The number of hydrogen-bond acceptors (Lipinski definition) is 5. The molecule has 1 aromatic rings. The van der Waals surface area contributed by atoms with Gasteiger partial charge in [0.1, 0.15) is 6.10 Å². The molecule has 0 fully saturated rings. The molecule has 0 saturated carbocycles. The van der Waals surface area contributed by atoms with Crippen molar-refractivity contribution >= 4 is 0 Å². The van der Waals surface area contributed by atoms with Gasteiger partial charge in [0, 0.05) is 11.5 Å². The largest absolute Gasteiger partial charge is 0.422 e. The van der Waals surface area contributed by atoms with E-state index in [0.29, 0.717) is 5.89 Å². The summed E-state index contributed by atoms with van der Waals surface area (Å²) >= 11 is 0. The number of aliphatic hydroxyl groups is 1. The van der Waals surface area contributed by atoms with Crippen molar-refractivity contribution in [2.45, 2.75) is 58.1 Å². The van der Waals surface area contributed by atoms with Gasteiger partial charge in [0.05, 0.1) is 0 Å². The minimum absolute atomic E-state index is 0.209. The molecular weight excluding hydrogens is 206 g/mol. The van der Waals surface area contributed by atoms with E-state index >= 15 is 0 Å². The number of rotatable bonds is 4. The monoisotopic (exact) mass is 227 g/mol. The number of aliphatic hydroxyl groups excluding tert-OH is 1. The lowest BCUT2D eigenvalue weighted by atomic mass is 9.97. The summed E-state index contributed by atoms with van der Waals surface area (Å²) < 4.78 is 5.43. The maximum absolute atomic E-state index is 9.88. The van der Waals surface area contributed by atoms with Gasteiger partial charge in [-0.2, -0.15) is 0 Å². The van der Waals surface area contributed by atoms with Crippen LogP contribution in [0.5, 0.6) is 0 Å². The van der Waals surface area contributed by atoms with Crippen LogP contribution in [0, 0.1) is 0 Å². The summed E-state index contributed by atoms with van der Waals surface area (Å²) in [5.74, 6) is 0.733. The van der Waals surface area contributed by atoms with Gasteiger partial charge in [0.25, 0.3) is 0 Å². The Morgan fingerprint density at radius 2 is 2.00 bits per heavy atom. The summed E-state index contributed by atoms with van der Waals surface area (Å²) in [7, 11) is 0. The molecule has 1 heterocycles. The molecule has 3 N–H and O–H groups in total. The van der Waals surface area contributed by atoms with Crippen molar-refractivity contribution in [3.8, 4) is 0 Å². The van der Waals surface area contributed by atoms with Crippen LogP contribution in [0.4, 0.5) is 0 Å². The minimum Gasteiger partial charge on any atom is -0.422 e. The van der Waals surface area contributed by atoms with E-state index in [-0.39, 0.29) is 17.3 Å². The van der Waals surface area contributed by atoms with Crippen LogP contribution >= 0.6 is 0 Å². The highest BCUT2D eigenvalue weighted by molar-refractivity contribution is 4.98. The first-order valence-electron chi connectivity index (χ1n) is 5.63. The number of hydrogen-bond donors (Lipinski definition) is 2. The summed E-state index contributed by atoms with van der Waals surface area (Å²) in [5, 5.41) is 17.6. The van der Waals surface area contributed by atoms with E-state index in [2.05, 4.69) is 10.2 Å². The average molecular weight is 227 g/mol. The predicted octanol–water partition coefficient (Wildman–Crippen LogP) is 1.53. The van der Waals surface area contributed by atoms with Gasteiger partial charge in [0.15, 0.2) is 0 Å². The molecule has 0 aliphatic heterocycles. The molecule has 0 spiro atoms. The summed E-state index contributed by atoms with van der Waals surface area (Å²) in [4.78, 5) is 0. The Morgan fingerprint density at radius 1 is 1.38 bits per heavy atom. The fourth-order valence-electron chi connectivity index (χ4n) is 1.33. The second kappa shape index (κ2) is 4.93. The Morgan fingerprint density at radius 3 is 2.44 bits per heavy atom. The van der Waals surface area contributed by atoms with E-state index in [1.165, 1.54) is 0 Å². The van der Waals surface area contributed by atoms with Gasteiger partial charge in [-0.3, -0.25) is 0 Å². The van der Waals surface area contributed by atoms with E-state index < -0.39 is 6.10 Å². The van der Waals surface area contributed by atoms with E-state index in [9.17, 15) is 5.11 Å². The van der Waals surface area contributed by atoms with E-state index in [1.807, 2.05) is 27.7 Å². The third-order valence-electron chi connectivity index (χ3n) is 2.36. The Hall–Kier alpha value is -0.940. The Labute approximate surface area is 96.1 Å². The second-order valence-corrected chi connectivity index (χ2v) is 5.09. The smallest absolute Gasteiger partial charge is 0.246 e. The molecule has 0 amide bonds. The normalized spacial score (nSPS) is 16.1. The van der Waals surface area contributed by atoms with Crippen molar-refractivity contribution in [2.24, 2.45) is 5.73 Å². The van der Waals surface area contributed by atoms with E-state index in [1.54, 1.807) is 0 Å². The summed E-state index contributed by atoms with van der Waals surface area (Å²) in [5.41, 5.74) is 5.59. The summed E-state index contributed by atoms with van der Waals surface area (Å²) in [6.45, 7) is 7.94. The molecule has 0 aliphatic rings. The van der Waals surface area contributed by atoms with E-state index in [0.717, 1.165) is 12.8 Å². The van der Waals surface area contributed by atoms with Crippen molar-refractivity contribution < 1.29 is 9.52 Å². The third kappa shape index (κ3) is 3.02. The molecule has 1 aromatic heterocycles. The highest BCUT2D eigenvalue weighted by Gasteiger charge is 2.26.